The molecule has 0 bridgehead atoms. The molecule has 2 aromatic carbocycles. The van der Waals surface area contributed by atoms with Gasteiger partial charge in [-0.2, -0.15) is 8.42 Å². The zero-order chi connectivity index (χ0) is 23.0. The molecule has 0 spiro atoms. The number of benzene rings is 2. The molecule has 1 atom stereocenters. The summed E-state index contributed by atoms with van der Waals surface area (Å²) in [5.41, 5.74) is 2.14. The van der Waals surface area contributed by atoms with Crippen LogP contribution in [0.5, 0.6) is 0 Å². The maximum atomic E-state index is 12.8. The summed E-state index contributed by atoms with van der Waals surface area (Å²) in [5, 5.41) is 3.82. The molecule has 0 radical (unpaired) electrons. The number of nitrogens with two attached hydrogens (primary N) is 1. The highest BCUT2D eigenvalue weighted by molar-refractivity contribution is 7.86. The number of carboxylic acids is 1. The fourth-order valence-electron chi connectivity index (χ4n) is 2.23. The van der Waals surface area contributed by atoms with Gasteiger partial charge in [0.2, 0.25) is 17.4 Å². The smallest absolute Gasteiger partial charge is 0.335 e. The van der Waals surface area contributed by atoms with E-state index < -0.39 is 45.3 Å². The van der Waals surface area contributed by atoms with Crippen molar-refractivity contribution in [1.82, 2.24) is 0 Å². The predicted molar refractivity (Wildman–Crippen MR) is 93.6 cm³/mol. The van der Waals surface area contributed by atoms with Gasteiger partial charge >= 0.3 is 16.1 Å². The van der Waals surface area contributed by atoms with Crippen molar-refractivity contribution in [3.05, 3.63) is 82.9 Å². The number of hydrogen-bond acceptors (Lipinski definition) is 8. The van der Waals surface area contributed by atoms with E-state index in [1.165, 1.54) is 36.4 Å². The van der Waals surface area contributed by atoms with Gasteiger partial charge in [0.1, 0.15) is 5.70 Å². The van der Waals surface area contributed by atoms with E-state index in [4.69, 9.17) is 20.2 Å². The quantitative estimate of drug-likeness (QED) is 0.709. The lowest BCUT2D eigenvalue weighted by Gasteiger charge is -2.10. The molecule has 1 aliphatic rings. The minimum Gasteiger partial charge on any atom is -0.478 e. The van der Waals surface area contributed by atoms with Gasteiger partial charge in [0, 0.05) is 5.56 Å². The first kappa shape index (κ1) is 13.8. The molecule has 1 aliphatic heterocycles. The van der Waals surface area contributed by atoms with Crippen molar-refractivity contribution in [3.8, 4) is 0 Å². The first-order chi connectivity index (χ1) is 14.4. The Kier molecular flexibility index (Phi) is 3.64. The Morgan fingerprint density at radius 2 is 1.93 bits per heavy atom. The van der Waals surface area contributed by atoms with Crippen LogP contribution in [0.4, 0.5) is 0 Å². The Morgan fingerprint density at radius 3 is 2.56 bits per heavy atom. The van der Waals surface area contributed by atoms with Gasteiger partial charge in [0.25, 0.3) is 1.43 Å². The summed E-state index contributed by atoms with van der Waals surface area (Å²) < 4.78 is 65.7. The zero-order valence-corrected chi connectivity index (χ0v) is 14.4. The second-order valence-electron chi connectivity index (χ2n) is 5.32. The number of carbonyl (C=O) groups is 2. The van der Waals surface area contributed by atoms with Crippen molar-refractivity contribution >= 4 is 21.9 Å². The molecule has 0 unspecified atom stereocenters. The maximum absolute atomic E-state index is 12.8. The standard InChI is InChI=1S/C18H15NO7S/c19-17-16(26-27(23,24)10-11-4-2-1-3-5-11)14(20)15(25-17)12-6-8-13(9-7-12)18(21)22/h1-9,15H,10,19H2,(H,21,22)/t15-/m1/s1/i10D2,15D/hD. The van der Waals surface area contributed by atoms with Crippen LogP contribution in [0.15, 0.2) is 66.2 Å². The largest absolute Gasteiger partial charge is 0.478 e. The van der Waals surface area contributed by atoms with E-state index >= 15 is 0 Å². The Morgan fingerprint density at radius 1 is 1.26 bits per heavy atom. The Labute approximate surface area is 160 Å². The van der Waals surface area contributed by atoms with E-state index in [0.29, 0.717) is 0 Å². The van der Waals surface area contributed by atoms with Crippen LogP contribution in [0.2, 0.25) is 0 Å². The average Bonchev–Trinajstić information content (AvgIpc) is 2.97. The van der Waals surface area contributed by atoms with Crippen LogP contribution < -0.4 is 5.73 Å². The molecule has 0 amide bonds. The fraction of sp³-hybridized carbons (Fsp3) is 0.111. The molecule has 8 nitrogen and oxygen atoms in total. The highest BCUT2D eigenvalue weighted by atomic mass is 32.2. The molecule has 0 saturated heterocycles. The minimum absolute atomic E-state index is 0.0381. The van der Waals surface area contributed by atoms with Crippen LogP contribution in [-0.4, -0.2) is 25.3 Å². The number of aromatic carboxylic acids is 1. The molecule has 3 rings (SSSR count). The third-order valence-corrected chi connectivity index (χ3v) is 4.31. The lowest BCUT2D eigenvalue weighted by Crippen LogP contribution is -2.16. The highest BCUT2D eigenvalue weighted by Gasteiger charge is 2.39. The van der Waals surface area contributed by atoms with Gasteiger partial charge in [-0.15, -0.1) is 0 Å². The summed E-state index contributed by atoms with van der Waals surface area (Å²) in [6.07, 6.45) is -2.53. The Bertz CT molecular complexity index is 1170. The summed E-state index contributed by atoms with van der Waals surface area (Å²) in [4.78, 5) is 24.1. The monoisotopic (exact) mass is 393 g/mol. The van der Waals surface area contributed by atoms with E-state index in [9.17, 15) is 18.0 Å². The molecule has 0 fully saturated rings. The molecule has 2 aromatic rings. The van der Waals surface area contributed by atoms with Crippen LogP contribution in [-0.2, 0) is 29.5 Å². The maximum Gasteiger partial charge on any atom is 0.335 e. The lowest BCUT2D eigenvalue weighted by atomic mass is 10.0. The molecule has 0 saturated carbocycles. The van der Waals surface area contributed by atoms with Crippen molar-refractivity contribution in [2.45, 2.75) is 11.8 Å². The second kappa shape index (κ2) is 7.12. The van der Waals surface area contributed by atoms with Crippen molar-refractivity contribution in [2.24, 2.45) is 5.73 Å². The summed E-state index contributed by atoms with van der Waals surface area (Å²) in [7, 11) is -5.09. The first-order valence-electron chi connectivity index (χ1n) is 9.36. The third kappa shape index (κ3) is 4.09. The summed E-state index contributed by atoms with van der Waals surface area (Å²) in [6, 6.07) is 11.5. The van der Waals surface area contributed by atoms with E-state index in [1.807, 2.05) is 0 Å². The van der Waals surface area contributed by atoms with Crippen LogP contribution in [0.3, 0.4) is 0 Å². The van der Waals surface area contributed by atoms with E-state index in [-0.39, 0.29) is 16.7 Å². The number of rotatable bonds is 6. The van der Waals surface area contributed by atoms with Gasteiger partial charge < -0.3 is 19.8 Å². The number of hydrogen-bond donors (Lipinski definition) is 2. The molecule has 27 heavy (non-hydrogen) atoms. The highest BCUT2D eigenvalue weighted by Crippen LogP contribution is 2.32. The van der Waals surface area contributed by atoms with Crippen molar-refractivity contribution < 1.29 is 36.1 Å². The van der Waals surface area contributed by atoms with Crippen LogP contribution in [0.1, 0.15) is 31.7 Å². The molecular weight excluding hydrogens is 374 g/mol. The molecule has 1 heterocycles. The number of ether oxygens (including phenoxy) is 1. The summed E-state index contributed by atoms with van der Waals surface area (Å²) >= 11 is 0. The van der Waals surface area contributed by atoms with Crippen molar-refractivity contribution in [1.29, 1.82) is 1.43 Å². The van der Waals surface area contributed by atoms with Crippen LogP contribution in [0, 0.1) is 0 Å². The first-order valence-corrected chi connectivity index (χ1v) is 8.86. The number of ketones is 1. The minimum atomic E-state index is -5.09. The van der Waals surface area contributed by atoms with Gasteiger partial charge in [-0.3, -0.25) is 4.79 Å². The fourth-order valence-corrected chi connectivity index (χ4v) is 3.07. The van der Waals surface area contributed by atoms with Gasteiger partial charge in [-0.05, 0) is 17.7 Å². The van der Waals surface area contributed by atoms with E-state index in [0.717, 1.165) is 12.1 Å². The normalized spacial score (nSPS) is 22.1. The van der Waals surface area contributed by atoms with Crippen molar-refractivity contribution in [2.75, 3.05) is 0 Å². The van der Waals surface area contributed by atoms with Crippen LogP contribution >= 0.6 is 0 Å². The van der Waals surface area contributed by atoms with Gasteiger partial charge in [0.15, 0.2) is 6.08 Å². The van der Waals surface area contributed by atoms with Gasteiger partial charge in [0.05, 0.1) is 9.68 Å². The lowest BCUT2D eigenvalue weighted by molar-refractivity contribution is -0.123. The number of carbonyl (C=O) groups excluding carboxylic acids is 1. The second-order valence-corrected chi connectivity index (χ2v) is 6.60. The number of carboxylic acid groups (broad SMARTS) is 1. The van der Waals surface area contributed by atoms with Crippen molar-refractivity contribution in [3.63, 3.8) is 0 Å². The van der Waals surface area contributed by atoms with Gasteiger partial charge in [-0.1, -0.05) is 42.5 Å². The zero-order valence-electron chi connectivity index (χ0n) is 17.5. The molecule has 3 N–H and O–H groups in total. The Hall–Kier alpha value is -3.33. The number of Topliss-reactive ketones (excluding diaryl/α,β-unsaturated/α-hetero) is 1. The molecular formula is C18H15NO7S. The molecule has 0 aromatic heterocycles. The van der Waals surface area contributed by atoms with Crippen LogP contribution in [0.25, 0.3) is 1.43 Å². The topological polar surface area (TPSA) is 133 Å². The Balaban J connectivity index is 1.90. The summed E-state index contributed by atoms with van der Waals surface area (Å²) in [6.45, 7) is 0. The average molecular weight is 393 g/mol. The SMILES string of the molecule is [2H]OC(=O)c1ccc([C@@]2([2H])OC(N)=C(OS(=O)(=O)C([2H])([2H])c3ccccc3)C2=O)cc1. The molecule has 140 valence electrons. The third-order valence-electron chi connectivity index (χ3n) is 3.44. The predicted octanol–water partition coefficient (Wildman–Crippen LogP) is 1.70. The molecule has 9 heteroatoms. The molecule has 0 aliphatic carbocycles. The van der Waals surface area contributed by atoms with Gasteiger partial charge in [-0.25, -0.2) is 4.79 Å². The van der Waals surface area contributed by atoms with E-state index in [1.54, 1.807) is 6.07 Å². The summed E-state index contributed by atoms with van der Waals surface area (Å²) in [5.74, 6) is -4.11. The van der Waals surface area contributed by atoms with E-state index in [2.05, 4.69) is 5.11 Å².